The van der Waals surface area contributed by atoms with Crippen LogP contribution in [-0.4, -0.2) is 46.9 Å². The second-order valence-corrected chi connectivity index (χ2v) is 9.18. The Morgan fingerprint density at radius 2 is 1.68 bits per heavy atom. The van der Waals surface area contributed by atoms with Crippen molar-refractivity contribution in [3.8, 4) is 0 Å². The van der Waals surface area contributed by atoms with Crippen molar-refractivity contribution in [3.05, 3.63) is 95.6 Å². The predicted molar refractivity (Wildman–Crippen MR) is 144 cm³/mol. The van der Waals surface area contributed by atoms with Gasteiger partial charge in [0.2, 0.25) is 5.91 Å². The molecule has 3 aromatic rings. The monoisotopic (exact) mass is 514 g/mol. The van der Waals surface area contributed by atoms with Gasteiger partial charge in [0.05, 0.1) is 17.7 Å². The number of urea groups is 1. The van der Waals surface area contributed by atoms with E-state index in [0.717, 1.165) is 11.1 Å². The Labute approximate surface area is 220 Å². The van der Waals surface area contributed by atoms with Gasteiger partial charge >= 0.3 is 12.0 Å². The van der Waals surface area contributed by atoms with E-state index in [0.29, 0.717) is 37.3 Å². The number of nitrogens with zero attached hydrogens (tertiary/aromatic N) is 1. The van der Waals surface area contributed by atoms with Gasteiger partial charge in [-0.25, -0.2) is 4.79 Å². The maximum Gasteiger partial charge on any atom is 0.319 e. The Bertz CT molecular complexity index is 1300. The van der Waals surface area contributed by atoms with E-state index < -0.39 is 12.0 Å². The molecular formula is C29H30N4O5. The predicted octanol–water partition coefficient (Wildman–Crippen LogP) is 4.44. The first-order valence-corrected chi connectivity index (χ1v) is 12.5. The lowest BCUT2D eigenvalue weighted by molar-refractivity contribution is -0.137. The standard InChI is InChI=1S/C29H30N4O5/c34-26-19-33(15-7-12-22(16-27(35)36)21-10-5-2-6-11-21)28(37)24-17-23(13-14-25(24)32-26)31-29(38)30-18-20-8-3-1-4-9-20/h1-6,8-11,13-14,17,22H,7,12,15-16,18-19H2,(H,32,34)(H,35,36)(H2,30,31,38). The summed E-state index contributed by atoms with van der Waals surface area (Å²) in [5.41, 5.74) is 2.97. The van der Waals surface area contributed by atoms with E-state index >= 15 is 0 Å². The van der Waals surface area contributed by atoms with E-state index in [1.807, 2.05) is 60.7 Å². The molecule has 3 aromatic carbocycles. The molecule has 1 atom stereocenters. The molecule has 9 heteroatoms. The zero-order valence-electron chi connectivity index (χ0n) is 20.9. The minimum atomic E-state index is -0.883. The van der Waals surface area contributed by atoms with Crippen molar-refractivity contribution >= 4 is 35.2 Å². The number of benzene rings is 3. The molecule has 4 amide bonds. The molecule has 0 saturated carbocycles. The normalized spacial score (nSPS) is 13.6. The zero-order valence-corrected chi connectivity index (χ0v) is 20.9. The lowest BCUT2D eigenvalue weighted by Gasteiger charge is -2.22. The van der Waals surface area contributed by atoms with Crippen LogP contribution < -0.4 is 16.0 Å². The Kier molecular flexibility index (Phi) is 8.71. The van der Waals surface area contributed by atoms with E-state index in [9.17, 15) is 24.3 Å². The Morgan fingerprint density at radius 3 is 2.39 bits per heavy atom. The molecule has 0 spiro atoms. The molecular weight excluding hydrogens is 484 g/mol. The van der Waals surface area contributed by atoms with Crippen molar-refractivity contribution in [1.29, 1.82) is 0 Å². The summed E-state index contributed by atoms with van der Waals surface area (Å²) in [6, 6.07) is 23.3. The van der Waals surface area contributed by atoms with E-state index in [-0.39, 0.29) is 36.3 Å². The molecule has 0 radical (unpaired) electrons. The number of hydrogen-bond acceptors (Lipinski definition) is 4. The molecule has 0 saturated heterocycles. The van der Waals surface area contributed by atoms with E-state index in [4.69, 9.17) is 0 Å². The molecule has 9 nitrogen and oxygen atoms in total. The number of rotatable bonds is 10. The van der Waals surface area contributed by atoms with Gasteiger partial charge in [0.15, 0.2) is 0 Å². The summed E-state index contributed by atoms with van der Waals surface area (Å²) in [6.45, 7) is 0.541. The number of carboxylic acids is 1. The van der Waals surface area contributed by atoms with Crippen molar-refractivity contribution in [2.75, 3.05) is 23.7 Å². The molecule has 0 bridgehead atoms. The van der Waals surface area contributed by atoms with Crippen LogP contribution in [0.4, 0.5) is 16.2 Å². The second-order valence-electron chi connectivity index (χ2n) is 9.18. The second kappa shape index (κ2) is 12.5. The maximum atomic E-state index is 13.4. The van der Waals surface area contributed by atoms with Crippen LogP contribution in [0.5, 0.6) is 0 Å². The largest absolute Gasteiger partial charge is 0.481 e. The summed E-state index contributed by atoms with van der Waals surface area (Å²) in [4.78, 5) is 51.1. The van der Waals surface area contributed by atoms with Crippen LogP contribution in [0.2, 0.25) is 0 Å². The van der Waals surface area contributed by atoms with Gasteiger partial charge in [-0.1, -0.05) is 60.7 Å². The molecule has 0 fully saturated rings. The maximum absolute atomic E-state index is 13.4. The summed E-state index contributed by atoms with van der Waals surface area (Å²) in [7, 11) is 0. The smallest absolute Gasteiger partial charge is 0.319 e. The highest BCUT2D eigenvalue weighted by Gasteiger charge is 2.27. The number of carboxylic acid groups (broad SMARTS) is 1. The number of nitrogens with one attached hydrogen (secondary N) is 3. The van der Waals surface area contributed by atoms with Gasteiger partial charge in [-0.2, -0.15) is 0 Å². The lowest BCUT2D eigenvalue weighted by atomic mass is 9.91. The average molecular weight is 515 g/mol. The first-order chi connectivity index (χ1) is 18.4. The van der Waals surface area contributed by atoms with Crippen LogP contribution >= 0.6 is 0 Å². The number of amides is 4. The minimum absolute atomic E-state index is 0.0113. The summed E-state index contributed by atoms with van der Waals surface area (Å²) < 4.78 is 0. The van der Waals surface area contributed by atoms with Crippen molar-refractivity contribution in [3.63, 3.8) is 0 Å². The summed E-state index contributed by atoms with van der Waals surface area (Å²) in [5.74, 6) is -1.72. The van der Waals surface area contributed by atoms with Gasteiger partial charge in [-0.05, 0) is 48.1 Å². The Balaban J connectivity index is 1.40. The van der Waals surface area contributed by atoms with Crippen LogP contribution in [0.1, 0.15) is 46.7 Å². The number of aliphatic carboxylic acids is 1. The summed E-state index contributed by atoms with van der Waals surface area (Å²) in [6.07, 6.45) is 1.07. The van der Waals surface area contributed by atoms with E-state index in [2.05, 4.69) is 16.0 Å². The third kappa shape index (κ3) is 7.19. The van der Waals surface area contributed by atoms with Crippen molar-refractivity contribution in [2.24, 2.45) is 0 Å². The van der Waals surface area contributed by atoms with Crippen molar-refractivity contribution in [1.82, 2.24) is 10.2 Å². The highest BCUT2D eigenvalue weighted by Crippen LogP contribution is 2.27. The van der Waals surface area contributed by atoms with Crippen LogP contribution in [0.3, 0.4) is 0 Å². The van der Waals surface area contributed by atoms with E-state index in [1.165, 1.54) is 4.90 Å². The van der Waals surface area contributed by atoms with Crippen LogP contribution in [0.25, 0.3) is 0 Å². The molecule has 1 aliphatic rings. The number of anilines is 2. The highest BCUT2D eigenvalue weighted by molar-refractivity contribution is 6.09. The molecule has 1 aliphatic heterocycles. The summed E-state index contributed by atoms with van der Waals surface area (Å²) >= 11 is 0. The molecule has 4 rings (SSSR count). The third-order valence-corrected chi connectivity index (χ3v) is 6.37. The Hall–Kier alpha value is -4.66. The van der Waals surface area contributed by atoms with Crippen LogP contribution in [-0.2, 0) is 16.1 Å². The summed E-state index contributed by atoms with van der Waals surface area (Å²) in [5, 5.41) is 17.6. The molecule has 0 aliphatic carbocycles. The van der Waals surface area contributed by atoms with Crippen molar-refractivity contribution < 1.29 is 24.3 Å². The van der Waals surface area contributed by atoms with Crippen molar-refractivity contribution in [2.45, 2.75) is 31.7 Å². The Morgan fingerprint density at radius 1 is 0.974 bits per heavy atom. The first-order valence-electron chi connectivity index (χ1n) is 12.5. The first kappa shape index (κ1) is 26.4. The van der Waals surface area contributed by atoms with Gasteiger partial charge in [-0.15, -0.1) is 0 Å². The van der Waals surface area contributed by atoms with Gasteiger partial charge in [0.25, 0.3) is 5.91 Å². The van der Waals surface area contributed by atoms with Gasteiger partial charge in [0, 0.05) is 18.8 Å². The highest BCUT2D eigenvalue weighted by atomic mass is 16.4. The fourth-order valence-corrected chi connectivity index (χ4v) is 4.50. The third-order valence-electron chi connectivity index (χ3n) is 6.37. The number of hydrogen-bond donors (Lipinski definition) is 4. The number of carbonyl (C=O) groups is 4. The fourth-order valence-electron chi connectivity index (χ4n) is 4.50. The average Bonchev–Trinajstić information content (AvgIpc) is 3.03. The minimum Gasteiger partial charge on any atom is -0.481 e. The number of carbonyl (C=O) groups excluding carboxylic acids is 3. The van der Waals surface area contributed by atoms with Gasteiger partial charge in [0.1, 0.15) is 6.54 Å². The molecule has 38 heavy (non-hydrogen) atoms. The van der Waals surface area contributed by atoms with Gasteiger partial charge in [-0.3, -0.25) is 14.4 Å². The zero-order chi connectivity index (χ0) is 26.9. The molecule has 4 N–H and O–H groups in total. The molecule has 1 heterocycles. The SMILES string of the molecule is O=C(O)CC(CCCN1CC(=O)Nc2ccc(NC(=O)NCc3ccccc3)cc2C1=O)c1ccccc1. The van der Waals surface area contributed by atoms with Crippen LogP contribution in [0, 0.1) is 0 Å². The molecule has 196 valence electrons. The quantitative estimate of drug-likeness (QED) is 0.318. The van der Waals surface area contributed by atoms with Gasteiger partial charge < -0.3 is 26.0 Å². The molecule has 0 aromatic heterocycles. The lowest BCUT2D eigenvalue weighted by Crippen LogP contribution is -2.36. The number of fused-ring (bicyclic) bond motifs is 1. The topological polar surface area (TPSA) is 128 Å². The van der Waals surface area contributed by atoms with E-state index in [1.54, 1.807) is 18.2 Å². The fraction of sp³-hybridized carbons (Fsp3) is 0.241. The molecule has 1 unspecified atom stereocenters. The van der Waals surface area contributed by atoms with Crippen LogP contribution in [0.15, 0.2) is 78.9 Å².